The van der Waals surface area contributed by atoms with Gasteiger partial charge < -0.3 is 4.90 Å². The summed E-state index contributed by atoms with van der Waals surface area (Å²) < 4.78 is 0. The van der Waals surface area contributed by atoms with Crippen LogP contribution >= 0.6 is 11.8 Å². The molecule has 4 heteroatoms. The van der Waals surface area contributed by atoms with Crippen LogP contribution in [0, 0.1) is 5.92 Å². The van der Waals surface area contributed by atoms with Gasteiger partial charge in [0.2, 0.25) is 5.91 Å². The molecule has 1 atom stereocenters. The SMILES string of the molecule is CC(C)CN1C(=O)CSC1c1ccnc2ccccc12. The average molecular weight is 286 g/mol. The number of pyridine rings is 1. The fourth-order valence-electron chi connectivity index (χ4n) is 2.64. The van der Waals surface area contributed by atoms with E-state index in [9.17, 15) is 4.79 Å². The minimum atomic E-state index is 0.123. The van der Waals surface area contributed by atoms with Gasteiger partial charge in [-0.2, -0.15) is 0 Å². The highest BCUT2D eigenvalue weighted by atomic mass is 32.2. The molecule has 1 amide bonds. The van der Waals surface area contributed by atoms with Crippen LogP contribution in [0.1, 0.15) is 24.8 Å². The first kappa shape index (κ1) is 13.4. The molecule has 1 saturated heterocycles. The number of nitrogens with zero attached hydrogens (tertiary/aromatic N) is 2. The number of benzene rings is 1. The molecule has 0 saturated carbocycles. The first-order chi connectivity index (χ1) is 9.66. The van der Waals surface area contributed by atoms with Gasteiger partial charge in [-0.05, 0) is 23.6 Å². The number of aromatic nitrogens is 1. The molecule has 104 valence electrons. The minimum Gasteiger partial charge on any atom is -0.326 e. The van der Waals surface area contributed by atoms with Crippen LogP contribution in [0.3, 0.4) is 0 Å². The number of hydrogen-bond acceptors (Lipinski definition) is 3. The lowest BCUT2D eigenvalue weighted by atomic mass is 10.1. The smallest absolute Gasteiger partial charge is 0.233 e. The molecular formula is C16H18N2OS. The van der Waals surface area contributed by atoms with Gasteiger partial charge in [0.25, 0.3) is 0 Å². The lowest BCUT2D eigenvalue weighted by Gasteiger charge is -2.26. The summed E-state index contributed by atoms with van der Waals surface area (Å²) in [5.74, 6) is 1.30. The predicted octanol–water partition coefficient (Wildman–Crippen LogP) is 3.46. The van der Waals surface area contributed by atoms with Crippen molar-refractivity contribution >= 4 is 28.6 Å². The average Bonchev–Trinajstić information content (AvgIpc) is 2.79. The minimum absolute atomic E-state index is 0.123. The highest BCUT2D eigenvalue weighted by Gasteiger charge is 2.33. The van der Waals surface area contributed by atoms with Crippen LogP contribution in [0.15, 0.2) is 36.5 Å². The van der Waals surface area contributed by atoms with Crippen molar-refractivity contribution in [2.24, 2.45) is 5.92 Å². The molecule has 0 spiro atoms. The number of amides is 1. The zero-order valence-corrected chi connectivity index (χ0v) is 12.6. The molecule has 3 nitrogen and oxygen atoms in total. The number of hydrogen-bond donors (Lipinski definition) is 0. The van der Waals surface area contributed by atoms with E-state index in [1.807, 2.05) is 35.4 Å². The third-order valence-corrected chi connectivity index (χ3v) is 4.72. The van der Waals surface area contributed by atoms with Crippen molar-refractivity contribution in [3.05, 3.63) is 42.1 Å². The number of carbonyl (C=O) groups is 1. The van der Waals surface area contributed by atoms with Crippen LogP contribution in [0.25, 0.3) is 10.9 Å². The van der Waals surface area contributed by atoms with E-state index in [-0.39, 0.29) is 11.3 Å². The van der Waals surface area contributed by atoms with Crippen LogP contribution in [-0.2, 0) is 4.79 Å². The number of rotatable bonds is 3. The van der Waals surface area contributed by atoms with E-state index in [0.717, 1.165) is 17.4 Å². The van der Waals surface area contributed by atoms with Crippen molar-refractivity contribution in [3.63, 3.8) is 0 Å². The van der Waals surface area contributed by atoms with Gasteiger partial charge in [-0.3, -0.25) is 9.78 Å². The maximum Gasteiger partial charge on any atom is 0.233 e. The monoisotopic (exact) mass is 286 g/mol. The summed E-state index contributed by atoms with van der Waals surface area (Å²) in [7, 11) is 0. The lowest BCUT2D eigenvalue weighted by molar-refractivity contribution is -0.128. The van der Waals surface area contributed by atoms with Crippen LogP contribution < -0.4 is 0 Å². The second-order valence-electron chi connectivity index (χ2n) is 5.52. The molecule has 1 unspecified atom stereocenters. The van der Waals surface area contributed by atoms with E-state index in [1.165, 1.54) is 5.56 Å². The number of carbonyl (C=O) groups excluding carboxylic acids is 1. The highest BCUT2D eigenvalue weighted by Crippen LogP contribution is 2.41. The van der Waals surface area contributed by atoms with Gasteiger partial charge >= 0.3 is 0 Å². The van der Waals surface area contributed by atoms with Gasteiger partial charge in [0, 0.05) is 18.1 Å². The quantitative estimate of drug-likeness (QED) is 0.866. The van der Waals surface area contributed by atoms with E-state index < -0.39 is 0 Å². The lowest BCUT2D eigenvalue weighted by Crippen LogP contribution is -2.31. The van der Waals surface area contributed by atoms with Crippen LogP contribution in [-0.4, -0.2) is 28.1 Å². The summed E-state index contributed by atoms with van der Waals surface area (Å²) in [6.45, 7) is 5.11. The maximum atomic E-state index is 12.1. The fourth-order valence-corrected chi connectivity index (χ4v) is 3.87. The van der Waals surface area contributed by atoms with Crippen molar-refractivity contribution in [1.29, 1.82) is 0 Å². The molecule has 0 bridgehead atoms. The zero-order valence-electron chi connectivity index (χ0n) is 11.7. The largest absolute Gasteiger partial charge is 0.326 e. The summed E-state index contributed by atoms with van der Waals surface area (Å²) in [5, 5.41) is 1.27. The molecule has 0 N–H and O–H groups in total. The van der Waals surface area contributed by atoms with Crippen molar-refractivity contribution in [1.82, 2.24) is 9.88 Å². The van der Waals surface area contributed by atoms with E-state index in [1.54, 1.807) is 11.8 Å². The van der Waals surface area contributed by atoms with E-state index >= 15 is 0 Å². The Bertz CT molecular complexity index is 636. The standard InChI is InChI=1S/C16H18N2OS/c1-11(2)9-18-15(19)10-20-16(18)13-7-8-17-14-6-4-3-5-12(13)14/h3-8,11,16H,9-10H2,1-2H3. The van der Waals surface area contributed by atoms with Crippen LogP contribution in [0.2, 0.25) is 0 Å². The molecule has 1 aliphatic heterocycles. The Morgan fingerprint density at radius 1 is 1.35 bits per heavy atom. The number of fused-ring (bicyclic) bond motifs is 1. The summed E-state index contributed by atoms with van der Waals surface area (Å²) in [6, 6.07) is 10.2. The van der Waals surface area contributed by atoms with Crippen molar-refractivity contribution < 1.29 is 4.79 Å². The Kier molecular flexibility index (Phi) is 3.66. The molecule has 0 radical (unpaired) electrons. The summed E-state index contributed by atoms with van der Waals surface area (Å²) >= 11 is 1.72. The predicted molar refractivity (Wildman–Crippen MR) is 83.5 cm³/mol. The van der Waals surface area contributed by atoms with Gasteiger partial charge in [-0.1, -0.05) is 32.0 Å². The molecule has 1 aromatic heterocycles. The molecule has 1 aromatic carbocycles. The summed E-state index contributed by atoms with van der Waals surface area (Å²) in [4.78, 5) is 18.5. The Hall–Kier alpha value is -1.55. The zero-order chi connectivity index (χ0) is 14.1. The van der Waals surface area contributed by atoms with Gasteiger partial charge in [-0.15, -0.1) is 11.8 Å². The molecule has 0 aliphatic carbocycles. The molecule has 1 aliphatic rings. The van der Waals surface area contributed by atoms with Gasteiger partial charge in [0.1, 0.15) is 5.37 Å². The molecule has 1 fully saturated rings. The van der Waals surface area contributed by atoms with Gasteiger partial charge in [0.15, 0.2) is 0 Å². The first-order valence-corrected chi connectivity index (χ1v) is 7.96. The maximum absolute atomic E-state index is 12.1. The normalized spacial score (nSPS) is 19.2. The summed E-state index contributed by atoms with van der Waals surface area (Å²) in [6.07, 6.45) is 1.84. The van der Waals surface area contributed by atoms with E-state index in [2.05, 4.69) is 24.9 Å². The Balaban J connectivity index is 2.03. The van der Waals surface area contributed by atoms with Crippen molar-refractivity contribution in [2.75, 3.05) is 12.3 Å². The first-order valence-electron chi connectivity index (χ1n) is 6.91. The van der Waals surface area contributed by atoms with Crippen molar-refractivity contribution in [3.8, 4) is 0 Å². The van der Waals surface area contributed by atoms with Crippen LogP contribution in [0.4, 0.5) is 0 Å². The van der Waals surface area contributed by atoms with E-state index in [0.29, 0.717) is 11.7 Å². The molecule has 3 rings (SSSR count). The van der Waals surface area contributed by atoms with Gasteiger partial charge in [0.05, 0.1) is 11.3 Å². The number of para-hydroxylation sites is 1. The summed E-state index contributed by atoms with van der Waals surface area (Å²) in [5.41, 5.74) is 2.20. The Labute approximate surface area is 123 Å². The fraction of sp³-hybridized carbons (Fsp3) is 0.375. The third kappa shape index (κ3) is 2.40. The Morgan fingerprint density at radius 3 is 2.95 bits per heavy atom. The third-order valence-electron chi connectivity index (χ3n) is 3.48. The molecule has 2 aromatic rings. The molecule has 20 heavy (non-hydrogen) atoms. The second kappa shape index (κ2) is 5.44. The van der Waals surface area contributed by atoms with Crippen molar-refractivity contribution in [2.45, 2.75) is 19.2 Å². The second-order valence-corrected chi connectivity index (χ2v) is 6.59. The molecular weight excluding hydrogens is 268 g/mol. The van der Waals surface area contributed by atoms with E-state index in [4.69, 9.17) is 0 Å². The number of thioether (sulfide) groups is 1. The highest BCUT2D eigenvalue weighted by molar-refractivity contribution is 8.00. The molecule has 2 heterocycles. The topological polar surface area (TPSA) is 33.2 Å². The van der Waals surface area contributed by atoms with Gasteiger partial charge in [-0.25, -0.2) is 0 Å². The Morgan fingerprint density at radius 2 is 2.15 bits per heavy atom. The van der Waals surface area contributed by atoms with Crippen LogP contribution in [0.5, 0.6) is 0 Å².